The van der Waals surface area contributed by atoms with Gasteiger partial charge in [0.15, 0.2) is 0 Å². The number of phenolic OH excluding ortho intramolecular Hbond substituents is 1. The molecule has 0 fully saturated rings. The minimum atomic E-state index is -0.268. The minimum Gasteiger partial charge on any atom is -0.508 e. The highest BCUT2D eigenvalue weighted by molar-refractivity contribution is 9.10. The fourth-order valence-corrected chi connectivity index (χ4v) is 2.25. The van der Waals surface area contributed by atoms with Crippen LogP contribution in [-0.4, -0.2) is 24.3 Å². The molecule has 0 radical (unpaired) electrons. The van der Waals surface area contributed by atoms with Crippen molar-refractivity contribution in [2.45, 2.75) is 6.42 Å². The Morgan fingerprint density at radius 2 is 2.18 bits per heavy atom. The first-order valence-electron chi connectivity index (χ1n) is 6.52. The van der Waals surface area contributed by atoms with Crippen molar-refractivity contribution in [1.29, 1.82) is 0 Å². The number of nitrogens with zero attached hydrogens (tertiary/aromatic N) is 1. The van der Waals surface area contributed by atoms with Crippen LogP contribution in [0.15, 0.2) is 52.0 Å². The summed E-state index contributed by atoms with van der Waals surface area (Å²) in [7, 11) is 1.57. The third-order valence-corrected chi connectivity index (χ3v) is 3.35. The van der Waals surface area contributed by atoms with E-state index in [0.29, 0.717) is 11.3 Å². The summed E-state index contributed by atoms with van der Waals surface area (Å²) in [5.41, 5.74) is 3.91. The van der Waals surface area contributed by atoms with Crippen LogP contribution in [-0.2, 0) is 11.2 Å². The summed E-state index contributed by atoms with van der Waals surface area (Å²) in [6, 6.07) is 12.0. The molecule has 0 heterocycles. The maximum Gasteiger partial charge on any atom is 0.244 e. The largest absolute Gasteiger partial charge is 0.508 e. The van der Waals surface area contributed by atoms with E-state index in [2.05, 4.69) is 26.5 Å². The van der Waals surface area contributed by atoms with Crippen LogP contribution in [0.4, 0.5) is 0 Å². The molecular formula is C16H15BrN2O3. The molecule has 114 valence electrons. The molecule has 0 aliphatic heterocycles. The Morgan fingerprint density at radius 1 is 1.36 bits per heavy atom. The van der Waals surface area contributed by atoms with Crippen molar-refractivity contribution in [3.8, 4) is 11.5 Å². The molecule has 2 aromatic carbocycles. The molecule has 0 aliphatic rings. The standard InChI is InChI=1S/C16H15BrN2O3/c1-22-15-6-5-13(17)9-12(15)10-18-19-16(21)8-11-3-2-4-14(20)7-11/h2-7,9-10,20H,8H2,1H3,(H,19,21)/b18-10+. The first-order chi connectivity index (χ1) is 10.6. The van der Waals surface area contributed by atoms with Gasteiger partial charge in [-0.3, -0.25) is 4.79 Å². The number of phenols is 1. The fourth-order valence-electron chi connectivity index (χ4n) is 1.87. The van der Waals surface area contributed by atoms with Gasteiger partial charge in [0.05, 0.1) is 19.7 Å². The number of ether oxygens (including phenoxy) is 1. The lowest BCUT2D eigenvalue weighted by Gasteiger charge is -2.05. The van der Waals surface area contributed by atoms with Gasteiger partial charge in [0.2, 0.25) is 5.91 Å². The summed E-state index contributed by atoms with van der Waals surface area (Å²) in [6.45, 7) is 0. The SMILES string of the molecule is COc1ccc(Br)cc1/C=N/NC(=O)Cc1cccc(O)c1. The second-order valence-corrected chi connectivity index (χ2v) is 5.44. The summed E-state index contributed by atoms with van der Waals surface area (Å²) in [4.78, 5) is 11.8. The van der Waals surface area contributed by atoms with Crippen LogP contribution in [0.1, 0.15) is 11.1 Å². The lowest BCUT2D eigenvalue weighted by atomic mass is 10.1. The zero-order valence-corrected chi connectivity index (χ0v) is 13.5. The Bertz CT molecular complexity index is 702. The minimum absolute atomic E-state index is 0.132. The molecule has 0 aliphatic carbocycles. The van der Waals surface area contributed by atoms with E-state index in [0.717, 1.165) is 10.0 Å². The van der Waals surface area contributed by atoms with E-state index >= 15 is 0 Å². The highest BCUT2D eigenvalue weighted by Crippen LogP contribution is 2.21. The summed E-state index contributed by atoms with van der Waals surface area (Å²) in [5, 5.41) is 13.3. The number of carbonyl (C=O) groups excluding carboxylic acids is 1. The van der Waals surface area contributed by atoms with E-state index in [9.17, 15) is 9.90 Å². The Hall–Kier alpha value is -2.34. The summed E-state index contributed by atoms with van der Waals surface area (Å²) < 4.78 is 6.10. The van der Waals surface area contributed by atoms with Crippen molar-refractivity contribution in [3.05, 3.63) is 58.1 Å². The van der Waals surface area contributed by atoms with Crippen LogP contribution >= 0.6 is 15.9 Å². The highest BCUT2D eigenvalue weighted by Gasteiger charge is 2.04. The number of benzene rings is 2. The molecule has 0 spiro atoms. The summed E-state index contributed by atoms with van der Waals surface area (Å²) in [5.74, 6) is 0.526. The molecule has 0 saturated heterocycles. The van der Waals surface area contributed by atoms with Crippen molar-refractivity contribution in [2.24, 2.45) is 5.10 Å². The Balaban J connectivity index is 1.97. The van der Waals surface area contributed by atoms with Gasteiger partial charge in [-0.05, 0) is 35.9 Å². The number of aromatic hydroxyl groups is 1. The van der Waals surface area contributed by atoms with Crippen LogP contribution in [0, 0.1) is 0 Å². The molecule has 0 unspecified atom stereocenters. The average molecular weight is 363 g/mol. The number of rotatable bonds is 5. The first kappa shape index (κ1) is 16.0. The number of nitrogens with one attached hydrogen (secondary N) is 1. The lowest BCUT2D eigenvalue weighted by molar-refractivity contribution is -0.120. The van der Waals surface area contributed by atoms with Crippen molar-refractivity contribution in [3.63, 3.8) is 0 Å². The van der Waals surface area contributed by atoms with Crippen molar-refractivity contribution in [1.82, 2.24) is 5.43 Å². The third kappa shape index (κ3) is 4.60. The number of amides is 1. The summed E-state index contributed by atoms with van der Waals surface area (Å²) in [6.07, 6.45) is 1.66. The molecule has 0 saturated carbocycles. The molecule has 1 amide bonds. The van der Waals surface area contributed by atoms with Gasteiger partial charge in [-0.2, -0.15) is 5.10 Å². The topological polar surface area (TPSA) is 70.9 Å². The zero-order chi connectivity index (χ0) is 15.9. The van der Waals surface area contributed by atoms with Crippen LogP contribution in [0.5, 0.6) is 11.5 Å². The maximum atomic E-state index is 11.8. The van der Waals surface area contributed by atoms with Gasteiger partial charge in [-0.15, -0.1) is 0 Å². The third-order valence-electron chi connectivity index (χ3n) is 2.86. The van der Waals surface area contributed by atoms with Gasteiger partial charge in [-0.1, -0.05) is 28.1 Å². The molecule has 2 aromatic rings. The average Bonchev–Trinajstić information content (AvgIpc) is 2.47. The molecular weight excluding hydrogens is 348 g/mol. The van der Waals surface area contributed by atoms with Crippen LogP contribution in [0.2, 0.25) is 0 Å². The zero-order valence-electron chi connectivity index (χ0n) is 11.9. The number of hydrogen-bond acceptors (Lipinski definition) is 4. The molecule has 0 bridgehead atoms. The first-order valence-corrected chi connectivity index (χ1v) is 7.31. The Morgan fingerprint density at radius 3 is 2.91 bits per heavy atom. The second-order valence-electron chi connectivity index (χ2n) is 4.53. The number of halogens is 1. The fraction of sp³-hybridized carbons (Fsp3) is 0.125. The van der Waals surface area contributed by atoms with Crippen molar-refractivity contribution >= 4 is 28.1 Å². The van der Waals surface area contributed by atoms with E-state index < -0.39 is 0 Å². The molecule has 22 heavy (non-hydrogen) atoms. The van der Waals surface area contributed by atoms with Gasteiger partial charge in [0.25, 0.3) is 0 Å². The normalized spacial score (nSPS) is 10.6. The van der Waals surface area contributed by atoms with E-state index in [1.54, 1.807) is 37.4 Å². The second kappa shape index (κ2) is 7.61. The van der Waals surface area contributed by atoms with Gasteiger partial charge in [-0.25, -0.2) is 5.43 Å². The van der Waals surface area contributed by atoms with Gasteiger partial charge in [0.1, 0.15) is 11.5 Å². The number of carbonyl (C=O) groups is 1. The quantitative estimate of drug-likeness (QED) is 0.634. The van der Waals surface area contributed by atoms with Crippen LogP contribution in [0.25, 0.3) is 0 Å². The van der Waals surface area contributed by atoms with Gasteiger partial charge >= 0.3 is 0 Å². The monoisotopic (exact) mass is 362 g/mol. The lowest BCUT2D eigenvalue weighted by Crippen LogP contribution is -2.19. The van der Waals surface area contributed by atoms with Crippen molar-refractivity contribution < 1.29 is 14.6 Å². The van der Waals surface area contributed by atoms with E-state index in [1.807, 2.05) is 12.1 Å². The van der Waals surface area contributed by atoms with E-state index in [-0.39, 0.29) is 18.1 Å². The molecule has 2 rings (SSSR count). The van der Waals surface area contributed by atoms with Crippen LogP contribution < -0.4 is 10.2 Å². The summed E-state index contributed by atoms with van der Waals surface area (Å²) >= 11 is 3.37. The van der Waals surface area contributed by atoms with Gasteiger partial charge in [0, 0.05) is 10.0 Å². The maximum absolute atomic E-state index is 11.8. The van der Waals surface area contributed by atoms with E-state index in [1.165, 1.54) is 6.21 Å². The number of hydrazone groups is 1. The molecule has 0 aromatic heterocycles. The number of methoxy groups -OCH3 is 1. The smallest absolute Gasteiger partial charge is 0.244 e. The van der Waals surface area contributed by atoms with Gasteiger partial charge < -0.3 is 9.84 Å². The highest BCUT2D eigenvalue weighted by atomic mass is 79.9. The van der Waals surface area contributed by atoms with E-state index in [4.69, 9.17) is 4.74 Å². The molecule has 0 atom stereocenters. The predicted octanol–water partition coefficient (Wildman–Crippen LogP) is 2.86. The van der Waals surface area contributed by atoms with Crippen molar-refractivity contribution in [2.75, 3.05) is 7.11 Å². The molecule has 6 heteroatoms. The molecule has 2 N–H and O–H groups in total. The Kier molecular flexibility index (Phi) is 5.55. The predicted molar refractivity (Wildman–Crippen MR) is 88.2 cm³/mol. The molecule has 5 nitrogen and oxygen atoms in total. The van der Waals surface area contributed by atoms with Crippen LogP contribution in [0.3, 0.4) is 0 Å². The number of hydrogen-bond donors (Lipinski definition) is 2. The Labute approximate surface area is 136 Å².